The van der Waals surface area contributed by atoms with Crippen LogP contribution in [0.25, 0.3) is 0 Å². The third-order valence-corrected chi connectivity index (χ3v) is 6.68. The molecule has 2 fully saturated rings. The molecule has 1 saturated carbocycles. The van der Waals surface area contributed by atoms with E-state index in [-0.39, 0.29) is 12.5 Å². The predicted molar refractivity (Wildman–Crippen MR) is 118 cm³/mol. The average Bonchev–Trinajstić information content (AvgIpc) is 3.25. The van der Waals surface area contributed by atoms with Gasteiger partial charge in [0.1, 0.15) is 0 Å². The van der Waals surface area contributed by atoms with Gasteiger partial charge < -0.3 is 20.3 Å². The van der Waals surface area contributed by atoms with Crippen LogP contribution in [-0.2, 0) is 16.1 Å². The van der Waals surface area contributed by atoms with E-state index in [4.69, 9.17) is 17.0 Å². The van der Waals surface area contributed by atoms with Gasteiger partial charge in [0.2, 0.25) is 5.91 Å². The van der Waals surface area contributed by atoms with Crippen LogP contribution in [0.4, 0.5) is 0 Å². The average molecular weight is 425 g/mol. The Balaban J connectivity index is 1.42. The summed E-state index contributed by atoms with van der Waals surface area (Å²) < 4.78 is 5.34. The fraction of sp³-hybridized carbons (Fsp3) is 0.700. The minimum atomic E-state index is -0.00433. The summed E-state index contributed by atoms with van der Waals surface area (Å²) in [6.45, 7) is 6.04. The summed E-state index contributed by atoms with van der Waals surface area (Å²) in [6.07, 6.45) is 6.19. The van der Waals surface area contributed by atoms with Gasteiger partial charge in [-0.1, -0.05) is 25.3 Å². The summed E-state index contributed by atoms with van der Waals surface area (Å²) in [7, 11) is 0. The molecule has 0 aromatic carbocycles. The van der Waals surface area contributed by atoms with Crippen molar-refractivity contribution in [3.8, 4) is 0 Å². The van der Waals surface area contributed by atoms with Gasteiger partial charge in [0.25, 0.3) is 0 Å². The Morgan fingerprint density at radius 2 is 2.04 bits per heavy atom. The van der Waals surface area contributed by atoms with Crippen molar-refractivity contribution >= 4 is 34.6 Å². The standard InChI is InChI=1S/C20H32N4O2S2/c25-19(21-8-9-23-10-12-26-13-11-23)15-22-20(27)24(16-18-7-4-14-28-18)17-5-2-1-3-6-17/h4,7,14,17H,1-3,5-6,8-13,15-16H2,(H,21,25)(H,22,27). The first kappa shape index (κ1) is 21.5. The van der Waals surface area contributed by atoms with E-state index in [0.29, 0.717) is 17.7 Å². The Morgan fingerprint density at radius 3 is 2.75 bits per heavy atom. The topological polar surface area (TPSA) is 56.8 Å². The molecule has 3 rings (SSSR count). The second-order valence-electron chi connectivity index (χ2n) is 7.46. The molecule has 8 heteroatoms. The van der Waals surface area contributed by atoms with Crippen LogP contribution in [0.5, 0.6) is 0 Å². The molecule has 0 atom stereocenters. The molecule has 28 heavy (non-hydrogen) atoms. The molecule has 2 N–H and O–H groups in total. The van der Waals surface area contributed by atoms with E-state index in [1.807, 2.05) is 0 Å². The fourth-order valence-corrected chi connectivity index (χ4v) is 4.82. The summed E-state index contributed by atoms with van der Waals surface area (Å²) in [5.74, 6) is -0.00433. The lowest BCUT2D eigenvalue weighted by Gasteiger charge is -2.36. The molecule has 1 aromatic rings. The van der Waals surface area contributed by atoms with Gasteiger partial charge >= 0.3 is 0 Å². The molecular weight excluding hydrogens is 392 g/mol. The summed E-state index contributed by atoms with van der Waals surface area (Å²) in [5, 5.41) is 8.99. The normalized spacial score (nSPS) is 18.6. The molecule has 1 saturated heterocycles. The van der Waals surface area contributed by atoms with E-state index < -0.39 is 0 Å². The Labute approximate surface area is 177 Å². The summed E-state index contributed by atoms with van der Waals surface area (Å²) in [4.78, 5) is 18.1. The van der Waals surface area contributed by atoms with Gasteiger partial charge in [-0.15, -0.1) is 11.3 Å². The Hall–Kier alpha value is -1.22. The zero-order valence-electron chi connectivity index (χ0n) is 16.5. The van der Waals surface area contributed by atoms with Gasteiger partial charge in [-0.2, -0.15) is 0 Å². The first-order valence-electron chi connectivity index (χ1n) is 10.4. The minimum absolute atomic E-state index is 0.00433. The van der Waals surface area contributed by atoms with Gasteiger partial charge in [-0.25, -0.2) is 0 Å². The number of carbonyl (C=O) groups excluding carboxylic acids is 1. The lowest BCUT2D eigenvalue weighted by molar-refractivity contribution is -0.120. The highest BCUT2D eigenvalue weighted by molar-refractivity contribution is 7.80. The number of hydrogen-bond donors (Lipinski definition) is 2. The highest BCUT2D eigenvalue weighted by Crippen LogP contribution is 2.25. The maximum atomic E-state index is 12.2. The number of hydrogen-bond acceptors (Lipinski definition) is 5. The van der Waals surface area contributed by atoms with Crippen molar-refractivity contribution < 1.29 is 9.53 Å². The Kier molecular flexibility index (Phi) is 8.98. The molecule has 156 valence electrons. The summed E-state index contributed by atoms with van der Waals surface area (Å²) >= 11 is 7.44. The van der Waals surface area contributed by atoms with Crippen LogP contribution in [0.3, 0.4) is 0 Å². The van der Waals surface area contributed by atoms with Crippen molar-refractivity contribution in [1.29, 1.82) is 0 Å². The van der Waals surface area contributed by atoms with Crippen molar-refractivity contribution in [2.45, 2.75) is 44.7 Å². The van der Waals surface area contributed by atoms with Gasteiger partial charge in [-0.05, 0) is 36.5 Å². The van der Waals surface area contributed by atoms with E-state index in [1.54, 1.807) is 11.3 Å². The third kappa shape index (κ3) is 6.99. The molecule has 0 unspecified atom stereocenters. The highest BCUT2D eigenvalue weighted by Gasteiger charge is 2.24. The summed E-state index contributed by atoms with van der Waals surface area (Å²) in [6, 6.07) is 4.71. The number of ether oxygens (including phenoxy) is 1. The maximum absolute atomic E-state index is 12.2. The van der Waals surface area contributed by atoms with Crippen LogP contribution >= 0.6 is 23.6 Å². The molecule has 0 radical (unpaired) electrons. The molecule has 1 amide bonds. The molecule has 6 nitrogen and oxygen atoms in total. The van der Waals surface area contributed by atoms with Crippen molar-refractivity contribution in [2.75, 3.05) is 45.9 Å². The Morgan fingerprint density at radius 1 is 1.25 bits per heavy atom. The molecule has 2 aliphatic rings. The first-order chi connectivity index (χ1) is 13.7. The monoisotopic (exact) mass is 424 g/mol. The second kappa shape index (κ2) is 11.7. The van der Waals surface area contributed by atoms with Crippen LogP contribution in [0.2, 0.25) is 0 Å². The zero-order valence-corrected chi connectivity index (χ0v) is 18.2. The van der Waals surface area contributed by atoms with Gasteiger partial charge in [0.05, 0.1) is 26.3 Å². The molecule has 1 aromatic heterocycles. The second-order valence-corrected chi connectivity index (χ2v) is 8.88. The lowest BCUT2D eigenvalue weighted by atomic mass is 9.94. The van der Waals surface area contributed by atoms with E-state index >= 15 is 0 Å². The number of carbonyl (C=O) groups is 1. The number of thiocarbonyl (C=S) groups is 1. The van der Waals surface area contributed by atoms with Crippen LogP contribution in [0.15, 0.2) is 17.5 Å². The molecule has 2 heterocycles. The van der Waals surface area contributed by atoms with Gasteiger partial charge in [0.15, 0.2) is 5.11 Å². The first-order valence-corrected chi connectivity index (χ1v) is 11.6. The summed E-state index contributed by atoms with van der Waals surface area (Å²) in [5.41, 5.74) is 0. The van der Waals surface area contributed by atoms with E-state index in [1.165, 1.54) is 37.0 Å². The van der Waals surface area contributed by atoms with Crippen LogP contribution in [0.1, 0.15) is 37.0 Å². The number of rotatable bonds is 8. The van der Waals surface area contributed by atoms with Crippen molar-refractivity contribution in [2.24, 2.45) is 0 Å². The molecule has 0 bridgehead atoms. The van der Waals surface area contributed by atoms with Gasteiger partial charge in [-0.3, -0.25) is 9.69 Å². The van der Waals surface area contributed by atoms with Crippen molar-refractivity contribution in [3.63, 3.8) is 0 Å². The van der Waals surface area contributed by atoms with E-state index in [0.717, 1.165) is 39.4 Å². The van der Waals surface area contributed by atoms with Gasteiger partial charge in [0, 0.05) is 37.1 Å². The largest absolute Gasteiger partial charge is 0.379 e. The van der Waals surface area contributed by atoms with Crippen molar-refractivity contribution in [1.82, 2.24) is 20.4 Å². The molecule has 1 aliphatic heterocycles. The predicted octanol–water partition coefficient (Wildman–Crippen LogP) is 2.21. The SMILES string of the molecule is O=C(CNC(=S)N(Cc1cccs1)C1CCCCC1)NCCN1CCOCC1. The number of nitrogens with one attached hydrogen (secondary N) is 2. The van der Waals surface area contributed by atoms with Crippen LogP contribution in [0, 0.1) is 0 Å². The van der Waals surface area contributed by atoms with Crippen LogP contribution in [-0.4, -0.2) is 72.8 Å². The number of morpholine rings is 1. The molecular formula is C20H32N4O2S2. The van der Waals surface area contributed by atoms with E-state index in [9.17, 15) is 4.79 Å². The Bertz CT molecular complexity index is 599. The number of thiophene rings is 1. The fourth-order valence-electron chi connectivity index (χ4n) is 3.83. The van der Waals surface area contributed by atoms with E-state index in [2.05, 4.69) is 37.9 Å². The van der Waals surface area contributed by atoms with Crippen molar-refractivity contribution in [3.05, 3.63) is 22.4 Å². The maximum Gasteiger partial charge on any atom is 0.239 e. The third-order valence-electron chi connectivity index (χ3n) is 5.44. The molecule has 1 aliphatic carbocycles. The lowest BCUT2D eigenvalue weighted by Crippen LogP contribution is -2.49. The number of nitrogens with zero attached hydrogens (tertiary/aromatic N) is 2. The smallest absolute Gasteiger partial charge is 0.239 e. The quantitative estimate of drug-likeness (QED) is 0.624. The highest BCUT2D eigenvalue weighted by atomic mass is 32.1. The molecule has 0 spiro atoms. The zero-order chi connectivity index (χ0) is 19.6. The minimum Gasteiger partial charge on any atom is -0.379 e. The number of amides is 1. The van der Waals surface area contributed by atoms with Crippen LogP contribution < -0.4 is 10.6 Å².